The van der Waals surface area contributed by atoms with E-state index < -0.39 is 0 Å². The summed E-state index contributed by atoms with van der Waals surface area (Å²) in [7, 11) is 0. The first-order valence-corrected chi connectivity index (χ1v) is 8.76. The number of ether oxygens (including phenoxy) is 1. The van der Waals surface area contributed by atoms with Gasteiger partial charge in [-0.2, -0.15) is 0 Å². The molecule has 0 bridgehead atoms. The third-order valence-electron chi connectivity index (χ3n) is 5.01. The molecule has 21 heavy (non-hydrogen) atoms. The van der Waals surface area contributed by atoms with Gasteiger partial charge in [0.05, 0.1) is 10.1 Å². The van der Waals surface area contributed by atoms with Gasteiger partial charge in [0.2, 0.25) is 0 Å². The summed E-state index contributed by atoms with van der Waals surface area (Å²) >= 11 is 3.31. The largest absolute Gasteiger partial charge is 0.375 e. The summed E-state index contributed by atoms with van der Waals surface area (Å²) in [5.41, 5.74) is 0.881. The fourth-order valence-corrected chi connectivity index (χ4v) is 4.16. The molecule has 1 heterocycles. The fraction of sp³-hybridized carbons (Fsp3) is 0.647. The Kier molecular flexibility index (Phi) is 4.67. The minimum absolute atomic E-state index is 0.0777. The average Bonchev–Trinajstić information content (AvgIpc) is 2.47. The first-order chi connectivity index (χ1) is 10.2. The van der Waals surface area contributed by atoms with Gasteiger partial charge >= 0.3 is 0 Å². The predicted molar refractivity (Wildman–Crippen MR) is 85.8 cm³/mol. The van der Waals surface area contributed by atoms with Crippen LogP contribution >= 0.6 is 15.9 Å². The molecule has 2 aliphatic rings. The van der Waals surface area contributed by atoms with Crippen molar-refractivity contribution < 1.29 is 9.13 Å². The number of benzene rings is 1. The highest BCUT2D eigenvalue weighted by Gasteiger charge is 2.44. The standard InChI is InChI=1S/C17H23BrFNO/c1-2-20-16(13-5-3-6-14(18)15(13)19)12-7-10-21-17(11-12)8-4-9-17/h3,5-6,12,16,20H,2,4,7-11H2,1H3. The minimum Gasteiger partial charge on any atom is -0.375 e. The lowest BCUT2D eigenvalue weighted by molar-refractivity contribution is -0.147. The smallest absolute Gasteiger partial charge is 0.142 e. The molecular weight excluding hydrogens is 333 g/mol. The molecule has 1 spiro atoms. The quantitative estimate of drug-likeness (QED) is 0.852. The molecule has 2 atom stereocenters. The van der Waals surface area contributed by atoms with Crippen molar-refractivity contribution in [1.82, 2.24) is 5.32 Å². The van der Waals surface area contributed by atoms with Crippen LogP contribution < -0.4 is 5.32 Å². The fourth-order valence-electron chi connectivity index (χ4n) is 3.78. The molecule has 1 aliphatic heterocycles. The summed E-state index contributed by atoms with van der Waals surface area (Å²) in [5.74, 6) is 0.320. The molecule has 0 amide bonds. The second-order valence-corrected chi connectivity index (χ2v) is 7.17. The molecule has 2 unspecified atom stereocenters. The van der Waals surface area contributed by atoms with Crippen LogP contribution in [0.2, 0.25) is 0 Å². The van der Waals surface area contributed by atoms with Crippen LogP contribution in [0.4, 0.5) is 4.39 Å². The summed E-state index contributed by atoms with van der Waals surface area (Å²) in [5, 5.41) is 3.51. The van der Waals surface area contributed by atoms with E-state index in [4.69, 9.17) is 4.74 Å². The monoisotopic (exact) mass is 355 g/mol. The third kappa shape index (κ3) is 3.03. The predicted octanol–water partition coefficient (Wildman–Crippen LogP) is 4.59. The molecule has 3 rings (SSSR count). The van der Waals surface area contributed by atoms with Crippen LogP contribution in [0.25, 0.3) is 0 Å². The van der Waals surface area contributed by atoms with Crippen molar-refractivity contribution in [2.45, 2.75) is 50.7 Å². The summed E-state index contributed by atoms with van der Waals surface area (Å²) < 4.78 is 21.1. The van der Waals surface area contributed by atoms with Gasteiger partial charge in [-0.3, -0.25) is 0 Å². The van der Waals surface area contributed by atoms with E-state index >= 15 is 0 Å². The molecule has 1 aliphatic carbocycles. The molecule has 1 N–H and O–H groups in total. The number of nitrogens with one attached hydrogen (secondary N) is 1. The van der Waals surface area contributed by atoms with Crippen molar-refractivity contribution in [2.75, 3.05) is 13.2 Å². The van der Waals surface area contributed by atoms with E-state index in [1.165, 1.54) is 19.3 Å². The maximum absolute atomic E-state index is 14.5. The topological polar surface area (TPSA) is 21.3 Å². The van der Waals surface area contributed by atoms with Crippen molar-refractivity contribution in [2.24, 2.45) is 5.92 Å². The van der Waals surface area contributed by atoms with E-state index in [0.29, 0.717) is 10.4 Å². The van der Waals surface area contributed by atoms with Gasteiger partial charge < -0.3 is 10.1 Å². The molecule has 1 aromatic carbocycles. The SMILES string of the molecule is CCNC(c1cccc(Br)c1F)C1CCOC2(CCC2)C1. The van der Waals surface area contributed by atoms with E-state index in [1.807, 2.05) is 12.1 Å². The van der Waals surface area contributed by atoms with Crippen molar-refractivity contribution in [3.05, 3.63) is 34.1 Å². The number of rotatable bonds is 4. The molecule has 0 radical (unpaired) electrons. The second kappa shape index (κ2) is 6.35. The minimum atomic E-state index is -0.127. The average molecular weight is 356 g/mol. The van der Waals surface area contributed by atoms with Gasteiger partial charge in [-0.25, -0.2) is 4.39 Å². The lowest BCUT2D eigenvalue weighted by atomic mass is 9.69. The van der Waals surface area contributed by atoms with Crippen LogP contribution in [-0.2, 0) is 4.74 Å². The Morgan fingerprint density at radius 1 is 1.48 bits per heavy atom. The highest BCUT2D eigenvalue weighted by Crippen LogP contribution is 2.47. The number of hydrogen-bond acceptors (Lipinski definition) is 2. The van der Waals surface area contributed by atoms with Crippen molar-refractivity contribution in [3.63, 3.8) is 0 Å². The molecule has 2 nitrogen and oxygen atoms in total. The summed E-state index contributed by atoms with van der Waals surface area (Å²) in [6.45, 7) is 3.74. The molecule has 1 saturated heterocycles. The van der Waals surface area contributed by atoms with E-state index in [0.717, 1.165) is 31.6 Å². The van der Waals surface area contributed by atoms with Gasteiger partial charge in [0.15, 0.2) is 0 Å². The lowest BCUT2D eigenvalue weighted by Gasteiger charge is -2.49. The summed E-state index contributed by atoms with van der Waals surface area (Å²) in [6, 6.07) is 5.68. The molecular formula is C17H23BrFNO. The Labute approximate surface area is 134 Å². The zero-order chi connectivity index (χ0) is 14.9. The Morgan fingerprint density at radius 3 is 2.95 bits per heavy atom. The zero-order valence-corrected chi connectivity index (χ0v) is 14.1. The van der Waals surface area contributed by atoms with Crippen LogP contribution in [-0.4, -0.2) is 18.8 Å². The Hall–Kier alpha value is -0.450. The van der Waals surface area contributed by atoms with E-state index in [1.54, 1.807) is 6.07 Å². The van der Waals surface area contributed by atoms with Crippen LogP contribution in [0, 0.1) is 11.7 Å². The van der Waals surface area contributed by atoms with Crippen molar-refractivity contribution in [1.29, 1.82) is 0 Å². The van der Waals surface area contributed by atoms with E-state index in [-0.39, 0.29) is 17.5 Å². The van der Waals surface area contributed by atoms with Crippen molar-refractivity contribution in [3.8, 4) is 0 Å². The van der Waals surface area contributed by atoms with Crippen LogP contribution in [0.3, 0.4) is 0 Å². The van der Waals surface area contributed by atoms with Crippen LogP contribution in [0.15, 0.2) is 22.7 Å². The van der Waals surface area contributed by atoms with Crippen LogP contribution in [0.5, 0.6) is 0 Å². The first-order valence-electron chi connectivity index (χ1n) is 7.96. The highest BCUT2D eigenvalue weighted by molar-refractivity contribution is 9.10. The van der Waals surface area contributed by atoms with Gasteiger partial charge in [-0.1, -0.05) is 19.1 Å². The summed E-state index contributed by atoms with van der Waals surface area (Å²) in [6.07, 6.45) is 5.67. The van der Waals surface area contributed by atoms with Gasteiger partial charge in [0.25, 0.3) is 0 Å². The Balaban J connectivity index is 1.85. The van der Waals surface area contributed by atoms with Gasteiger partial charge in [0.1, 0.15) is 5.82 Å². The normalized spacial score (nSPS) is 25.6. The zero-order valence-electron chi connectivity index (χ0n) is 12.5. The molecule has 2 fully saturated rings. The number of halogens is 2. The molecule has 1 saturated carbocycles. The molecule has 0 aromatic heterocycles. The summed E-state index contributed by atoms with van der Waals surface area (Å²) in [4.78, 5) is 0. The van der Waals surface area contributed by atoms with E-state index in [2.05, 4.69) is 28.2 Å². The Bertz CT molecular complexity index is 504. The molecule has 1 aromatic rings. The number of hydrogen-bond donors (Lipinski definition) is 1. The first kappa shape index (κ1) is 15.4. The van der Waals surface area contributed by atoms with Crippen LogP contribution in [0.1, 0.15) is 50.6 Å². The second-order valence-electron chi connectivity index (χ2n) is 6.32. The molecule has 116 valence electrons. The maximum atomic E-state index is 14.5. The molecule has 4 heteroatoms. The van der Waals surface area contributed by atoms with Gasteiger partial charge in [-0.15, -0.1) is 0 Å². The Morgan fingerprint density at radius 2 is 2.29 bits per heavy atom. The van der Waals surface area contributed by atoms with E-state index in [9.17, 15) is 4.39 Å². The lowest BCUT2D eigenvalue weighted by Crippen LogP contribution is -2.48. The van der Waals surface area contributed by atoms with Gasteiger partial charge in [-0.05, 0) is 66.6 Å². The maximum Gasteiger partial charge on any atom is 0.142 e. The van der Waals surface area contributed by atoms with Crippen molar-refractivity contribution >= 4 is 15.9 Å². The highest BCUT2D eigenvalue weighted by atomic mass is 79.9. The van der Waals surface area contributed by atoms with Gasteiger partial charge in [0, 0.05) is 18.2 Å². The third-order valence-corrected chi connectivity index (χ3v) is 5.62.